The third kappa shape index (κ3) is 6.71. The smallest absolute Gasteiger partial charge is 0.307 e. The van der Waals surface area contributed by atoms with Crippen molar-refractivity contribution in [2.45, 2.75) is 26.7 Å². The van der Waals surface area contributed by atoms with Gasteiger partial charge in [-0.2, -0.15) is 0 Å². The molecule has 0 atom stereocenters. The van der Waals surface area contributed by atoms with Gasteiger partial charge in [-0.25, -0.2) is 0 Å². The van der Waals surface area contributed by atoms with Gasteiger partial charge in [-0.15, -0.1) is 0 Å². The minimum absolute atomic E-state index is 0.0272. The van der Waals surface area contributed by atoms with Crippen LogP contribution < -0.4 is 4.74 Å². The van der Waals surface area contributed by atoms with Crippen molar-refractivity contribution in [3.8, 4) is 16.9 Å². The van der Waals surface area contributed by atoms with E-state index in [1.807, 2.05) is 6.92 Å². The zero-order valence-electron chi connectivity index (χ0n) is 17.9. The Morgan fingerprint density at radius 2 is 1.61 bits per heavy atom. The van der Waals surface area contributed by atoms with Gasteiger partial charge in [0.2, 0.25) is 0 Å². The molecular formula is C26H27NO4. The summed E-state index contributed by atoms with van der Waals surface area (Å²) in [5.74, 6) is -0.248. The lowest BCUT2D eigenvalue weighted by atomic mass is 10.0. The van der Waals surface area contributed by atoms with Crippen LogP contribution in [0.25, 0.3) is 11.1 Å². The van der Waals surface area contributed by atoms with Gasteiger partial charge >= 0.3 is 5.97 Å². The van der Waals surface area contributed by atoms with Gasteiger partial charge in [0, 0.05) is 0 Å². The number of hydrogen-bond acceptors (Lipinski definition) is 4. The van der Waals surface area contributed by atoms with Gasteiger partial charge in [0.05, 0.1) is 12.1 Å². The molecule has 0 heterocycles. The van der Waals surface area contributed by atoms with Crippen molar-refractivity contribution < 1.29 is 19.5 Å². The monoisotopic (exact) mass is 417 g/mol. The largest absolute Gasteiger partial charge is 0.490 e. The first-order valence-corrected chi connectivity index (χ1v) is 10.3. The lowest BCUT2D eigenvalue weighted by molar-refractivity contribution is -0.136. The first kappa shape index (κ1) is 22.1. The number of aliphatic carboxylic acids is 1. The molecule has 3 aromatic rings. The summed E-state index contributed by atoms with van der Waals surface area (Å²) < 4.78 is 5.64. The molecule has 0 bridgehead atoms. The second kappa shape index (κ2) is 11.0. The molecule has 31 heavy (non-hydrogen) atoms. The zero-order valence-corrected chi connectivity index (χ0v) is 17.9. The highest BCUT2D eigenvalue weighted by molar-refractivity contribution is 6.00. The van der Waals surface area contributed by atoms with E-state index in [1.165, 1.54) is 16.7 Å². The quantitative estimate of drug-likeness (QED) is 0.269. The van der Waals surface area contributed by atoms with Crippen molar-refractivity contribution in [3.05, 3.63) is 89.5 Å². The topological polar surface area (TPSA) is 68.1 Å². The van der Waals surface area contributed by atoms with Crippen molar-refractivity contribution >= 4 is 11.7 Å². The summed E-state index contributed by atoms with van der Waals surface area (Å²) in [5, 5.41) is 13.2. The number of nitrogens with zero attached hydrogens (tertiary/aromatic N) is 1. The first-order chi connectivity index (χ1) is 15.0. The molecule has 0 unspecified atom stereocenters. The molecule has 5 nitrogen and oxygen atoms in total. The van der Waals surface area contributed by atoms with Crippen molar-refractivity contribution in [1.29, 1.82) is 0 Å². The van der Waals surface area contributed by atoms with Crippen molar-refractivity contribution in [2.75, 3.05) is 13.2 Å². The normalized spacial score (nSPS) is 11.2. The van der Waals surface area contributed by atoms with E-state index >= 15 is 0 Å². The number of ether oxygens (including phenoxy) is 1. The Morgan fingerprint density at radius 1 is 0.935 bits per heavy atom. The van der Waals surface area contributed by atoms with Crippen LogP contribution in [0.2, 0.25) is 0 Å². The van der Waals surface area contributed by atoms with E-state index in [-0.39, 0.29) is 6.42 Å². The van der Waals surface area contributed by atoms with E-state index in [0.717, 1.165) is 17.7 Å². The lowest BCUT2D eigenvalue weighted by Crippen LogP contribution is -2.07. The summed E-state index contributed by atoms with van der Waals surface area (Å²) in [7, 11) is 0. The summed E-state index contributed by atoms with van der Waals surface area (Å²) in [4.78, 5) is 16.3. The summed E-state index contributed by atoms with van der Waals surface area (Å²) >= 11 is 0. The predicted octanol–water partition coefficient (Wildman–Crippen LogP) is 5.50. The lowest BCUT2D eigenvalue weighted by Gasteiger charge is -2.09. The molecule has 160 valence electrons. The molecule has 0 aliphatic heterocycles. The fraction of sp³-hybridized carbons (Fsp3) is 0.231. The Bertz CT molecular complexity index is 1020. The highest BCUT2D eigenvalue weighted by Crippen LogP contribution is 2.21. The standard InChI is InChI=1S/C26H27NO4/c1-3-25(23-13-11-22(12-14-23)21-9-7-19(2)8-10-21)27-31-16-15-30-24-6-4-5-20(17-24)18-26(28)29/h4-14,17H,3,15-16,18H2,1-2H3,(H,28,29)/b27-25+. The first-order valence-electron chi connectivity index (χ1n) is 10.3. The molecule has 0 aliphatic carbocycles. The molecule has 0 radical (unpaired) electrons. The van der Waals surface area contributed by atoms with Crippen LogP contribution in [0, 0.1) is 6.92 Å². The molecule has 3 rings (SSSR count). The minimum atomic E-state index is -0.867. The van der Waals surface area contributed by atoms with Gasteiger partial charge < -0.3 is 14.7 Å². The van der Waals surface area contributed by atoms with Crippen LogP contribution in [0.3, 0.4) is 0 Å². The predicted molar refractivity (Wildman–Crippen MR) is 123 cm³/mol. The average molecular weight is 418 g/mol. The molecule has 3 aromatic carbocycles. The minimum Gasteiger partial charge on any atom is -0.490 e. The second-order valence-corrected chi connectivity index (χ2v) is 7.23. The Morgan fingerprint density at radius 3 is 2.26 bits per heavy atom. The highest BCUT2D eigenvalue weighted by atomic mass is 16.6. The van der Waals surface area contributed by atoms with Gasteiger partial charge in [-0.3, -0.25) is 4.79 Å². The van der Waals surface area contributed by atoms with Crippen LogP contribution >= 0.6 is 0 Å². The molecule has 1 N–H and O–H groups in total. The average Bonchev–Trinajstić information content (AvgIpc) is 2.77. The van der Waals surface area contributed by atoms with Crippen LogP contribution in [-0.4, -0.2) is 30.0 Å². The molecule has 0 saturated carbocycles. The van der Waals surface area contributed by atoms with Gasteiger partial charge in [0.15, 0.2) is 6.61 Å². The fourth-order valence-electron chi connectivity index (χ4n) is 3.16. The number of carboxylic acid groups (broad SMARTS) is 1. The number of benzene rings is 3. The molecule has 5 heteroatoms. The van der Waals surface area contributed by atoms with Gasteiger partial charge in [-0.05, 0) is 47.7 Å². The number of rotatable bonds is 10. The number of hydrogen-bond donors (Lipinski definition) is 1. The second-order valence-electron chi connectivity index (χ2n) is 7.23. The van der Waals surface area contributed by atoms with Gasteiger partial charge in [0.25, 0.3) is 0 Å². The van der Waals surface area contributed by atoms with E-state index in [2.05, 4.69) is 60.6 Å². The Labute approximate surface area is 182 Å². The van der Waals surface area contributed by atoms with Crippen molar-refractivity contribution in [1.82, 2.24) is 0 Å². The summed E-state index contributed by atoms with van der Waals surface area (Å²) in [6, 6.07) is 23.8. The summed E-state index contributed by atoms with van der Waals surface area (Å²) in [5.41, 5.74) is 6.20. The molecule has 0 amide bonds. The maximum absolute atomic E-state index is 10.8. The molecule has 0 spiro atoms. The maximum Gasteiger partial charge on any atom is 0.307 e. The van der Waals surface area contributed by atoms with E-state index in [4.69, 9.17) is 14.7 Å². The van der Waals surface area contributed by atoms with E-state index < -0.39 is 5.97 Å². The van der Waals surface area contributed by atoms with Gasteiger partial charge in [0.1, 0.15) is 12.4 Å². The van der Waals surface area contributed by atoms with E-state index in [9.17, 15) is 4.79 Å². The molecule has 0 fully saturated rings. The van der Waals surface area contributed by atoms with E-state index in [1.54, 1.807) is 24.3 Å². The van der Waals surface area contributed by atoms with Crippen molar-refractivity contribution in [3.63, 3.8) is 0 Å². The number of carbonyl (C=O) groups is 1. The van der Waals surface area contributed by atoms with Crippen molar-refractivity contribution in [2.24, 2.45) is 5.16 Å². The van der Waals surface area contributed by atoms with Gasteiger partial charge in [-0.1, -0.05) is 78.3 Å². The Hall–Kier alpha value is -3.60. The summed E-state index contributed by atoms with van der Waals surface area (Å²) in [6.07, 6.45) is 0.725. The Balaban J connectivity index is 1.52. The zero-order chi connectivity index (χ0) is 22.1. The SMILES string of the molecule is CC/C(=N\OCCOc1cccc(CC(=O)O)c1)c1ccc(-c2ccc(C)cc2)cc1. The maximum atomic E-state index is 10.8. The molecule has 0 aliphatic rings. The third-order valence-corrected chi connectivity index (χ3v) is 4.81. The fourth-order valence-corrected chi connectivity index (χ4v) is 3.16. The van der Waals surface area contributed by atoms with E-state index in [0.29, 0.717) is 24.5 Å². The number of aryl methyl sites for hydroxylation is 1. The Kier molecular flexibility index (Phi) is 7.82. The highest BCUT2D eigenvalue weighted by Gasteiger charge is 2.05. The molecular weight excluding hydrogens is 390 g/mol. The molecule has 0 saturated heterocycles. The summed E-state index contributed by atoms with van der Waals surface area (Å²) in [6.45, 7) is 4.75. The third-order valence-electron chi connectivity index (χ3n) is 4.81. The van der Waals surface area contributed by atoms with Crippen LogP contribution in [-0.2, 0) is 16.1 Å². The number of oxime groups is 1. The van der Waals surface area contributed by atoms with Crippen LogP contribution in [0.15, 0.2) is 78.0 Å². The van der Waals surface area contributed by atoms with Crippen LogP contribution in [0.5, 0.6) is 5.75 Å². The molecule has 0 aromatic heterocycles. The number of carboxylic acids is 1. The van der Waals surface area contributed by atoms with Crippen LogP contribution in [0.4, 0.5) is 0 Å². The van der Waals surface area contributed by atoms with Crippen LogP contribution in [0.1, 0.15) is 30.0 Å².